The Hall–Kier alpha value is -2.96. The van der Waals surface area contributed by atoms with E-state index in [1.54, 1.807) is 4.68 Å². The van der Waals surface area contributed by atoms with Crippen LogP contribution in [0.2, 0.25) is 0 Å². The molecular weight excluding hydrogens is 330 g/mol. The standard InChI is InChI=1S/C19H23N5O2/c1-12-6-13(2)8-14(7-12)24-17-15(9-21-24)18(26)23(11-20-17)10-16(25)22-19(3,4)5/h6-9,11H,10H2,1-5H3,(H,22,25). The van der Waals surface area contributed by atoms with Crippen LogP contribution in [0.3, 0.4) is 0 Å². The molecule has 0 unspecified atom stereocenters. The zero-order valence-corrected chi connectivity index (χ0v) is 15.7. The minimum atomic E-state index is -0.355. The first-order valence-corrected chi connectivity index (χ1v) is 8.47. The molecular formula is C19H23N5O2. The van der Waals surface area contributed by atoms with E-state index in [0.717, 1.165) is 16.8 Å². The summed E-state index contributed by atoms with van der Waals surface area (Å²) in [6.45, 7) is 9.62. The van der Waals surface area contributed by atoms with Crippen LogP contribution in [0.1, 0.15) is 31.9 Å². The summed E-state index contributed by atoms with van der Waals surface area (Å²) in [5, 5.41) is 7.55. The summed E-state index contributed by atoms with van der Waals surface area (Å²) in [6.07, 6.45) is 2.90. The van der Waals surface area contributed by atoms with Crippen molar-refractivity contribution in [2.24, 2.45) is 0 Å². The van der Waals surface area contributed by atoms with Crippen molar-refractivity contribution in [2.75, 3.05) is 0 Å². The van der Waals surface area contributed by atoms with Crippen molar-refractivity contribution in [2.45, 2.75) is 46.7 Å². The number of aromatic nitrogens is 4. The third-order valence-electron chi connectivity index (χ3n) is 3.83. The molecule has 7 heteroatoms. The summed E-state index contributed by atoms with van der Waals surface area (Å²) in [4.78, 5) is 29.2. The van der Waals surface area contributed by atoms with Gasteiger partial charge in [0.15, 0.2) is 5.65 Å². The Balaban J connectivity index is 1.99. The fourth-order valence-corrected chi connectivity index (χ4v) is 2.94. The van der Waals surface area contributed by atoms with Crippen LogP contribution in [0.15, 0.2) is 35.5 Å². The zero-order valence-electron chi connectivity index (χ0n) is 15.7. The Morgan fingerprint density at radius 3 is 2.42 bits per heavy atom. The van der Waals surface area contributed by atoms with Gasteiger partial charge in [-0.3, -0.25) is 14.2 Å². The number of rotatable bonds is 3. The minimum absolute atomic E-state index is 0.0756. The van der Waals surface area contributed by atoms with Gasteiger partial charge in [0.2, 0.25) is 5.91 Å². The number of carbonyl (C=O) groups excluding carboxylic acids is 1. The molecule has 0 radical (unpaired) electrons. The average Bonchev–Trinajstić information content (AvgIpc) is 2.92. The molecule has 1 aromatic carbocycles. The van der Waals surface area contributed by atoms with Gasteiger partial charge >= 0.3 is 0 Å². The summed E-state index contributed by atoms with van der Waals surface area (Å²) in [6, 6.07) is 6.05. The third-order valence-corrected chi connectivity index (χ3v) is 3.83. The van der Waals surface area contributed by atoms with Gasteiger partial charge in [-0.05, 0) is 57.9 Å². The van der Waals surface area contributed by atoms with Gasteiger partial charge in [-0.2, -0.15) is 5.10 Å². The van der Waals surface area contributed by atoms with Crippen LogP contribution in [0.25, 0.3) is 16.7 Å². The topological polar surface area (TPSA) is 81.8 Å². The number of fused-ring (bicyclic) bond motifs is 1. The van der Waals surface area contributed by atoms with E-state index in [0.29, 0.717) is 11.0 Å². The smallest absolute Gasteiger partial charge is 0.264 e. The van der Waals surface area contributed by atoms with Crippen LogP contribution in [0.5, 0.6) is 0 Å². The van der Waals surface area contributed by atoms with E-state index >= 15 is 0 Å². The monoisotopic (exact) mass is 353 g/mol. The molecule has 0 aliphatic carbocycles. The van der Waals surface area contributed by atoms with Crippen LogP contribution in [-0.2, 0) is 11.3 Å². The molecule has 3 rings (SSSR count). The van der Waals surface area contributed by atoms with Gasteiger partial charge in [-0.1, -0.05) is 6.07 Å². The lowest BCUT2D eigenvalue weighted by molar-refractivity contribution is -0.123. The van der Waals surface area contributed by atoms with E-state index in [2.05, 4.69) is 21.5 Å². The van der Waals surface area contributed by atoms with Crippen LogP contribution in [-0.4, -0.2) is 30.8 Å². The quantitative estimate of drug-likeness (QED) is 0.782. The molecule has 2 heterocycles. The first-order chi connectivity index (χ1) is 12.1. The van der Waals surface area contributed by atoms with Gasteiger partial charge in [0, 0.05) is 5.54 Å². The highest BCUT2D eigenvalue weighted by molar-refractivity contribution is 5.78. The van der Waals surface area contributed by atoms with Gasteiger partial charge in [-0.25, -0.2) is 9.67 Å². The first-order valence-electron chi connectivity index (χ1n) is 8.47. The summed E-state index contributed by atoms with van der Waals surface area (Å²) in [5.74, 6) is -0.234. The number of nitrogens with one attached hydrogen (secondary N) is 1. The van der Waals surface area contributed by atoms with Gasteiger partial charge in [0.25, 0.3) is 5.56 Å². The Kier molecular flexibility index (Phi) is 4.39. The van der Waals surface area contributed by atoms with Crippen molar-refractivity contribution in [3.8, 4) is 5.69 Å². The predicted octanol–water partition coefficient (Wildman–Crippen LogP) is 2.11. The molecule has 0 fully saturated rings. The summed E-state index contributed by atoms with van der Waals surface area (Å²) in [5.41, 5.74) is 2.91. The summed E-state index contributed by atoms with van der Waals surface area (Å²) < 4.78 is 2.95. The second-order valence-corrected chi connectivity index (χ2v) is 7.62. The molecule has 0 aliphatic rings. The molecule has 0 bridgehead atoms. The fourth-order valence-electron chi connectivity index (χ4n) is 2.94. The number of nitrogens with zero attached hydrogens (tertiary/aromatic N) is 4. The highest BCUT2D eigenvalue weighted by atomic mass is 16.2. The predicted molar refractivity (Wildman–Crippen MR) is 100 cm³/mol. The molecule has 26 heavy (non-hydrogen) atoms. The Bertz CT molecular complexity index is 1020. The van der Waals surface area contributed by atoms with Gasteiger partial charge in [0.05, 0.1) is 11.9 Å². The lowest BCUT2D eigenvalue weighted by Crippen LogP contribution is -2.43. The molecule has 1 N–H and O–H groups in total. The first kappa shape index (κ1) is 17.8. The maximum absolute atomic E-state index is 12.7. The molecule has 0 saturated heterocycles. The average molecular weight is 353 g/mol. The molecule has 0 aliphatic heterocycles. The third kappa shape index (κ3) is 3.66. The van der Waals surface area contributed by atoms with Crippen molar-refractivity contribution in [1.29, 1.82) is 0 Å². The molecule has 7 nitrogen and oxygen atoms in total. The second-order valence-electron chi connectivity index (χ2n) is 7.62. The molecule has 2 aromatic heterocycles. The van der Waals surface area contributed by atoms with Gasteiger partial charge in [-0.15, -0.1) is 0 Å². The normalized spacial score (nSPS) is 11.7. The number of hydrogen-bond donors (Lipinski definition) is 1. The van der Waals surface area contributed by atoms with Crippen LogP contribution < -0.4 is 10.9 Å². The van der Waals surface area contributed by atoms with Crippen LogP contribution in [0, 0.1) is 13.8 Å². The van der Waals surface area contributed by atoms with Crippen LogP contribution >= 0.6 is 0 Å². The fraction of sp³-hybridized carbons (Fsp3) is 0.368. The zero-order chi connectivity index (χ0) is 19.1. The van der Waals surface area contributed by atoms with E-state index in [1.165, 1.54) is 17.1 Å². The van der Waals surface area contributed by atoms with Gasteiger partial charge in [0.1, 0.15) is 18.3 Å². The Morgan fingerprint density at radius 2 is 1.81 bits per heavy atom. The SMILES string of the molecule is Cc1cc(C)cc(-n2ncc3c(=O)n(CC(=O)NC(C)(C)C)cnc32)c1. The highest BCUT2D eigenvalue weighted by Gasteiger charge is 2.16. The Labute approximate surface area is 151 Å². The molecule has 0 spiro atoms. The van der Waals surface area contributed by atoms with Crippen molar-refractivity contribution < 1.29 is 4.79 Å². The number of carbonyl (C=O) groups is 1. The van der Waals surface area contributed by atoms with Gasteiger partial charge < -0.3 is 5.32 Å². The maximum atomic E-state index is 12.7. The van der Waals surface area contributed by atoms with E-state index in [-0.39, 0.29) is 23.6 Å². The number of aryl methyl sites for hydroxylation is 2. The molecule has 0 atom stereocenters. The van der Waals surface area contributed by atoms with Crippen molar-refractivity contribution in [3.05, 3.63) is 52.2 Å². The van der Waals surface area contributed by atoms with Crippen molar-refractivity contribution >= 4 is 16.9 Å². The van der Waals surface area contributed by atoms with Crippen molar-refractivity contribution in [1.82, 2.24) is 24.6 Å². The summed E-state index contributed by atoms with van der Waals surface area (Å²) in [7, 11) is 0. The largest absolute Gasteiger partial charge is 0.350 e. The van der Waals surface area contributed by atoms with Crippen LogP contribution in [0.4, 0.5) is 0 Å². The Morgan fingerprint density at radius 1 is 1.15 bits per heavy atom. The van der Waals surface area contributed by atoms with E-state index in [1.807, 2.05) is 46.8 Å². The maximum Gasteiger partial charge on any atom is 0.264 e. The van der Waals surface area contributed by atoms with Crippen molar-refractivity contribution in [3.63, 3.8) is 0 Å². The highest BCUT2D eigenvalue weighted by Crippen LogP contribution is 2.17. The van der Waals surface area contributed by atoms with E-state index in [9.17, 15) is 9.59 Å². The number of hydrogen-bond acceptors (Lipinski definition) is 4. The summed E-state index contributed by atoms with van der Waals surface area (Å²) >= 11 is 0. The minimum Gasteiger partial charge on any atom is -0.350 e. The molecule has 0 saturated carbocycles. The molecule has 3 aromatic rings. The lowest BCUT2D eigenvalue weighted by Gasteiger charge is -2.20. The molecule has 136 valence electrons. The molecule has 1 amide bonds. The number of amides is 1. The van der Waals surface area contributed by atoms with E-state index < -0.39 is 0 Å². The second kappa shape index (κ2) is 6.40. The number of benzene rings is 1. The van der Waals surface area contributed by atoms with E-state index in [4.69, 9.17) is 0 Å². The lowest BCUT2D eigenvalue weighted by atomic mass is 10.1.